The van der Waals surface area contributed by atoms with Crippen molar-refractivity contribution in [3.05, 3.63) is 57.9 Å². The third-order valence-corrected chi connectivity index (χ3v) is 8.33. The first-order valence-electron chi connectivity index (χ1n) is 12.8. The predicted molar refractivity (Wildman–Crippen MR) is 146 cm³/mol. The summed E-state index contributed by atoms with van der Waals surface area (Å²) in [7, 11) is 1.90. The van der Waals surface area contributed by atoms with Gasteiger partial charge in [0.1, 0.15) is 17.4 Å². The zero-order valence-corrected chi connectivity index (χ0v) is 22.5. The molecule has 2 N–H and O–H groups in total. The van der Waals surface area contributed by atoms with E-state index in [1.165, 1.54) is 24.3 Å². The third-order valence-electron chi connectivity index (χ3n) is 7.45. The Kier molecular flexibility index (Phi) is 7.59. The van der Waals surface area contributed by atoms with E-state index in [0.29, 0.717) is 28.8 Å². The lowest BCUT2D eigenvalue weighted by Crippen LogP contribution is -2.41. The van der Waals surface area contributed by atoms with Gasteiger partial charge in [0.15, 0.2) is 11.6 Å². The zero-order chi connectivity index (χ0) is 26.9. The summed E-state index contributed by atoms with van der Waals surface area (Å²) in [6, 6.07) is 8.04. The minimum absolute atomic E-state index is 0.0421. The smallest absolute Gasteiger partial charge is 0.261 e. The molecule has 1 aromatic heterocycles. The number of fused-ring (bicyclic) bond motifs is 1. The predicted octanol–water partition coefficient (Wildman–Crippen LogP) is 4.52. The Labute approximate surface area is 225 Å². The van der Waals surface area contributed by atoms with Crippen LogP contribution in [0.5, 0.6) is 11.5 Å². The first-order valence-corrected chi connectivity index (χ1v) is 13.5. The van der Waals surface area contributed by atoms with Crippen molar-refractivity contribution in [2.45, 2.75) is 44.8 Å². The molecule has 5 rings (SSSR count). The fourth-order valence-electron chi connectivity index (χ4n) is 5.12. The van der Waals surface area contributed by atoms with E-state index in [-0.39, 0.29) is 34.3 Å². The first-order chi connectivity index (χ1) is 18.4. The fraction of sp³-hybridized carbons (Fsp3) is 0.444. The molecule has 200 valence electrons. The maximum absolute atomic E-state index is 14.9. The van der Waals surface area contributed by atoms with Crippen molar-refractivity contribution in [3.8, 4) is 17.6 Å². The second-order valence-corrected chi connectivity index (χ2v) is 10.8. The number of ether oxygens (including phenoxy) is 2. The standard InChI is InChI=1S/C27H31FN6O3S/c1-4-33(3)38-32-21-6-5-20(28)25(19(21)14-29)37-23-8-7-22-24(17(23)2)26(35)34(16-31-22)18-13-27(36-15-18)9-11-30-12-10-27/h5-8,16,18,30,32H,4,9-13,15H2,1-3H3. The number of hydrogen-bond acceptors (Lipinski definition) is 9. The molecular weight excluding hydrogens is 507 g/mol. The highest BCUT2D eigenvalue weighted by molar-refractivity contribution is 7.98. The summed E-state index contributed by atoms with van der Waals surface area (Å²) in [6.45, 7) is 6.80. The number of aryl methyl sites for hydroxylation is 1. The molecule has 3 aromatic rings. The zero-order valence-electron chi connectivity index (χ0n) is 21.7. The summed E-state index contributed by atoms with van der Waals surface area (Å²) >= 11 is 1.30. The van der Waals surface area contributed by atoms with Crippen LogP contribution in [0.15, 0.2) is 35.4 Å². The molecule has 2 aliphatic rings. The van der Waals surface area contributed by atoms with Crippen molar-refractivity contribution >= 4 is 28.7 Å². The number of nitrogens with one attached hydrogen (secondary N) is 2. The third kappa shape index (κ3) is 4.97. The van der Waals surface area contributed by atoms with E-state index in [1.807, 2.05) is 18.3 Å². The largest absolute Gasteiger partial charge is 0.452 e. The van der Waals surface area contributed by atoms with Crippen LogP contribution in [0.2, 0.25) is 0 Å². The number of rotatable bonds is 7. The van der Waals surface area contributed by atoms with Crippen LogP contribution in [0.4, 0.5) is 10.1 Å². The summed E-state index contributed by atoms with van der Waals surface area (Å²) < 4.78 is 33.8. The van der Waals surface area contributed by atoms with Gasteiger partial charge < -0.3 is 19.5 Å². The molecule has 38 heavy (non-hydrogen) atoms. The molecule has 9 nitrogen and oxygen atoms in total. The average Bonchev–Trinajstić information content (AvgIpc) is 3.32. The minimum Gasteiger partial charge on any atom is -0.452 e. The van der Waals surface area contributed by atoms with E-state index < -0.39 is 5.82 Å². The van der Waals surface area contributed by atoms with Gasteiger partial charge in [0, 0.05) is 24.2 Å². The van der Waals surface area contributed by atoms with Crippen LogP contribution in [0, 0.1) is 24.1 Å². The van der Waals surface area contributed by atoms with Crippen molar-refractivity contribution in [1.82, 2.24) is 19.2 Å². The van der Waals surface area contributed by atoms with Gasteiger partial charge in [-0.2, -0.15) is 5.26 Å². The second-order valence-electron chi connectivity index (χ2n) is 9.79. The fourth-order valence-corrected chi connectivity index (χ4v) is 5.67. The van der Waals surface area contributed by atoms with Crippen molar-refractivity contribution in [3.63, 3.8) is 0 Å². The summed E-state index contributed by atoms with van der Waals surface area (Å²) in [6.07, 6.45) is 4.19. The Morgan fingerprint density at radius 2 is 2.16 bits per heavy atom. The van der Waals surface area contributed by atoms with E-state index in [9.17, 15) is 14.4 Å². The van der Waals surface area contributed by atoms with E-state index in [4.69, 9.17) is 9.47 Å². The molecule has 0 bridgehead atoms. The van der Waals surface area contributed by atoms with Gasteiger partial charge in [0.25, 0.3) is 5.56 Å². The average molecular weight is 539 g/mol. The maximum Gasteiger partial charge on any atom is 0.261 e. The summed E-state index contributed by atoms with van der Waals surface area (Å²) in [4.78, 5) is 18.2. The van der Waals surface area contributed by atoms with E-state index in [0.717, 1.165) is 38.9 Å². The van der Waals surface area contributed by atoms with Crippen LogP contribution < -0.4 is 20.3 Å². The maximum atomic E-state index is 14.9. The lowest BCUT2D eigenvalue weighted by Gasteiger charge is -2.32. The Balaban J connectivity index is 1.48. The number of benzene rings is 2. The topological polar surface area (TPSA) is 104 Å². The van der Waals surface area contributed by atoms with Crippen LogP contribution in [0.25, 0.3) is 10.9 Å². The van der Waals surface area contributed by atoms with Crippen molar-refractivity contribution in [1.29, 1.82) is 5.26 Å². The van der Waals surface area contributed by atoms with Gasteiger partial charge in [-0.05, 0) is 70.6 Å². The number of halogens is 1. The minimum atomic E-state index is -0.667. The monoisotopic (exact) mass is 538 g/mol. The van der Waals surface area contributed by atoms with Crippen molar-refractivity contribution < 1.29 is 13.9 Å². The number of anilines is 1. The molecule has 1 unspecified atom stereocenters. The highest BCUT2D eigenvalue weighted by Gasteiger charge is 2.42. The Hall–Kier alpha value is -3.17. The molecule has 0 saturated carbocycles. The summed E-state index contributed by atoms with van der Waals surface area (Å²) in [5.41, 5.74) is 1.16. The number of aromatic nitrogens is 2. The van der Waals surface area contributed by atoms with Gasteiger partial charge in [0.2, 0.25) is 0 Å². The number of nitriles is 1. The van der Waals surface area contributed by atoms with Gasteiger partial charge in [0.05, 0.1) is 41.2 Å². The van der Waals surface area contributed by atoms with Crippen molar-refractivity contribution in [2.24, 2.45) is 0 Å². The molecule has 0 radical (unpaired) electrons. The molecular formula is C27H31FN6O3S. The normalized spacial score (nSPS) is 18.7. The van der Waals surface area contributed by atoms with Gasteiger partial charge in [-0.25, -0.2) is 13.7 Å². The number of nitrogens with zero attached hydrogens (tertiary/aromatic N) is 4. The van der Waals surface area contributed by atoms with Crippen molar-refractivity contribution in [2.75, 3.05) is 38.0 Å². The van der Waals surface area contributed by atoms with E-state index >= 15 is 0 Å². The molecule has 1 atom stereocenters. The van der Waals surface area contributed by atoms with Crippen LogP contribution in [0.1, 0.15) is 43.4 Å². The Morgan fingerprint density at radius 3 is 2.89 bits per heavy atom. The molecule has 3 heterocycles. The van der Waals surface area contributed by atoms with Crippen LogP contribution >= 0.6 is 12.1 Å². The molecule has 11 heteroatoms. The highest BCUT2D eigenvalue weighted by atomic mass is 32.2. The van der Waals surface area contributed by atoms with Crippen LogP contribution in [0.3, 0.4) is 0 Å². The van der Waals surface area contributed by atoms with E-state index in [2.05, 4.69) is 21.1 Å². The Bertz CT molecular complexity index is 1450. The Morgan fingerprint density at radius 1 is 1.37 bits per heavy atom. The van der Waals surface area contributed by atoms with E-state index in [1.54, 1.807) is 30.0 Å². The molecule has 2 fully saturated rings. The second kappa shape index (κ2) is 10.9. The lowest BCUT2D eigenvalue weighted by atomic mass is 9.88. The highest BCUT2D eigenvalue weighted by Crippen LogP contribution is 2.40. The summed E-state index contributed by atoms with van der Waals surface area (Å²) in [5, 5.41) is 13.6. The SMILES string of the molecule is CCN(C)SNc1ccc(F)c(Oc2ccc3ncn(C4COC5(CCNCC5)C4)c(=O)c3c2C)c1C#N. The summed E-state index contributed by atoms with van der Waals surface area (Å²) in [5.74, 6) is -0.571. The van der Waals surface area contributed by atoms with Gasteiger partial charge in [-0.1, -0.05) is 6.92 Å². The molecule has 2 aliphatic heterocycles. The lowest BCUT2D eigenvalue weighted by molar-refractivity contribution is -0.0196. The molecule has 0 aliphatic carbocycles. The molecule has 2 aromatic carbocycles. The van der Waals surface area contributed by atoms with Gasteiger partial charge in [-0.15, -0.1) is 0 Å². The molecule has 2 saturated heterocycles. The van der Waals surface area contributed by atoms with Crippen LogP contribution in [-0.2, 0) is 4.74 Å². The number of piperidine rings is 1. The quantitative estimate of drug-likeness (QED) is 0.420. The van der Waals surface area contributed by atoms with Gasteiger partial charge in [-0.3, -0.25) is 9.36 Å². The molecule has 1 spiro atoms. The number of hydrogen-bond donors (Lipinski definition) is 2. The van der Waals surface area contributed by atoms with Gasteiger partial charge >= 0.3 is 0 Å². The first kappa shape index (κ1) is 26.4. The molecule has 0 amide bonds. The van der Waals surface area contributed by atoms with Crippen LogP contribution in [-0.4, -0.2) is 52.7 Å².